The van der Waals surface area contributed by atoms with Crippen LogP contribution < -0.4 is 0 Å². The molecule has 1 saturated heterocycles. The van der Waals surface area contributed by atoms with Crippen molar-refractivity contribution in [1.29, 1.82) is 0 Å². The number of aliphatic hydroxyl groups is 1. The highest BCUT2D eigenvalue weighted by Gasteiger charge is 2.32. The first-order valence-corrected chi connectivity index (χ1v) is 4.22. The summed E-state index contributed by atoms with van der Waals surface area (Å²) in [6.45, 7) is 0.554. The summed E-state index contributed by atoms with van der Waals surface area (Å²) < 4.78 is 4.92. The lowest BCUT2D eigenvalue weighted by Gasteiger charge is -2.06. The van der Waals surface area contributed by atoms with Gasteiger partial charge in [0, 0.05) is 12.1 Å². The van der Waals surface area contributed by atoms with Crippen LogP contribution in [0.15, 0.2) is 24.3 Å². The molecule has 1 aliphatic heterocycles. The number of epoxide rings is 1. The number of rotatable bonds is 3. The Labute approximate surface area is 80.1 Å². The van der Waals surface area contributed by atoms with Crippen molar-refractivity contribution < 1.29 is 14.8 Å². The molecule has 0 aromatic heterocycles. The van der Waals surface area contributed by atoms with Gasteiger partial charge in [0.2, 0.25) is 0 Å². The predicted molar refractivity (Wildman–Crippen MR) is 47.8 cm³/mol. The van der Waals surface area contributed by atoms with E-state index in [4.69, 9.17) is 4.74 Å². The Hall–Kier alpha value is -1.46. The molecule has 0 bridgehead atoms. The molecule has 2 atom stereocenters. The van der Waals surface area contributed by atoms with Crippen molar-refractivity contribution in [3.63, 3.8) is 0 Å². The maximum Gasteiger partial charge on any atom is 0.269 e. The molecular formula is C9H9NO4. The van der Waals surface area contributed by atoms with Gasteiger partial charge in [-0.3, -0.25) is 10.1 Å². The van der Waals surface area contributed by atoms with Crippen molar-refractivity contribution in [2.24, 2.45) is 0 Å². The third-order valence-electron chi connectivity index (χ3n) is 2.16. The van der Waals surface area contributed by atoms with Gasteiger partial charge in [-0.1, -0.05) is 0 Å². The Kier molecular flexibility index (Phi) is 2.18. The number of aliphatic hydroxyl groups excluding tert-OH is 1. The quantitative estimate of drug-likeness (QED) is 0.444. The van der Waals surface area contributed by atoms with Crippen LogP contribution >= 0.6 is 0 Å². The standard InChI is InChI=1S/C9H9NO4/c11-9(8-5-14-8)6-1-3-7(4-2-6)10(12)13/h1-4,8-9,11H,5H2/t8-,9?/m0/s1. The highest BCUT2D eigenvalue weighted by molar-refractivity contribution is 5.34. The predicted octanol–water partition coefficient (Wildman–Crippen LogP) is 1.03. The van der Waals surface area contributed by atoms with Gasteiger partial charge in [0.1, 0.15) is 12.2 Å². The lowest BCUT2D eigenvalue weighted by molar-refractivity contribution is -0.384. The second-order valence-corrected chi connectivity index (χ2v) is 3.17. The monoisotopic (exact) mass is 195 g/mol. The first-order valence-electron chi connectivity index (χ1n) is 4.22. The fourth-order valence-electron chi connectivity index (χ4n) is 1.25. The number of ether oxygens (including phenoxy) is 1. The lowest BCUT2D eigenvalue weighted by atomic mass is 10.1. The first kappa shape index (κ1) is 9.11. The minimum atomic E-state index is -0.671. The van der Waals surface area contributed by atoms with Gasteiger partial charge in [-0.05, 0) is 17.7 Å². The maximum atomic E-state index is 10.3. The molecule has 0 spiro atoms. The Morgan fingerprint density at radius 3 is 2.50 bits per heavy atom. The fraction of sp³-hybridized carbons (Fsp3) is 0.333. The van der Waals surface area contributed by atoms with Gasteiger partial charge >= 0.3 is 0 Å². The minimum Gasteiger partial charge on any atom is -0.386 e. The van der Waals surface area contributed by atoms with E-state index in [1.54, 1.807) is 12.1 Å². The summed E-state index contributed by atoms with van der Waals surface area (Å²) in [7, 11) is 0. The molecule has 14 heavy (non-hydrogen) atoms. The van der Waals surface area contributed by atoms with Crippen molar-refractivity contribution in [3.05, 3.63) is 39.9 Å². The van der Waals surface area contributed by atoms with E-state index in [1.807, 2.05) is 0 Å². The molecule has 0 saturated carbocycles. The first-order chi connectivity index (χ1) is 6.68. The molecule has 1 aliphatic rings. The molecule has 0 radical (unpaired) electrons. The second kappa shape index (κ2) is 3.36. The molecule has 1 unspecified atom stereocenters. The third kappa shape index (κ3) is 1.73. The Bertz CT molecular complexity index is 344. The van der Waals surface area contributed by atoms with Crippen molar-refractivity contribution in [2.75, 3.05) is 6.61 Å². The average molecular weight is 195 g/mol. The average Bonchev–Trinajstić information content (AvgIpc) is 3.00. The molecule has 2 rings (SSSR count). The van der Waals surface area contributed by atoms with E-state index in [2.05, 4.69) is 0 Å². The summed E-state index contributed by atoms with van der Waals surface area (Å²) in [5, 5.41) is 19.9. The van der Waals surface area contributed by atoms with Crippen LogP contribution in [0.1, 0.15) is 11.7 Å². The maximum absolute atomic E-state index is 10.3. The number of non-ortho nitro benzene ring substituents is 1. The van der Waals surface area contributed by atoms with E-state index >= 15 is 0 Å². The van der Waals surface area contributed by atoms with Crippen molar-refractivity contribution in [3.8, 4) is 0 Å². The number of hydrogen-bond acceptors (Lipinski definition) is 4. The Balaban J connectivity index is 2.16. The fourth-order valence-corrected chi connectivity index (χ4v) is 1.25. The Morgan fingerprint density at radius 2 is 2.07 bits per heavy atom. The summed E-state index contributed by atoms with van der Waals surface area (Å²) in [6, 6.07) is 5.84. The number of nitro benzene ring substituents is 1. The van der Waals surface area contributed by atoms with E-state index in [0.717, 1.165) is 0 Å². The molecular weight excluding hydrogens is 186 g/mol. The molecule has 5 nitrogen and oxygen atoms in total. The largest absolute Gasteiger partial charge is 0.386 e. The molecule has 1 aromatic rings. The molecule has 1 heterocycles. The van der Waals surface area contributed by atoms with E-state index < -0.39 is 11.0 Å². The van der Waals surface area contributed by atoms with Gasteiger partial charge in [-0.15, -0.1) is 0 Å². The number of hydrogen-bond donors (Lipinski definition) is 1. The van der Waals surface area contributed by atoms with Crippen LogP contribution in [0.3, 0.4) is 0 Å². The van der Waals surface area contributed by atoms with Gasteiger partial charge in [-0.25, -0.2) is 0 Å². The summed E-state index contributed by atoms with van der Waals surface area (Å²) in [6.07, 6.45) is -0.813. The van der Waals surface area contributed by atoms with Gasteiger partial charge in [-0.2, -0.15) is 0 Å². The van der Waals surface area contributed by atoms with E-state index in [-0.39, 0.29) is 11.8 Å². The van der Waals surface area contributed by atoms with Crippen LogP contribution in [0.5, 0.6) is 0 Å². The highest BCUT2D eigenvalue weighted by Crippen LogP contribution is 2.28. The number of nitro groups is 1. The zero-order valence-corrected chi connectivity index (χ0v) is 7.29. The normalized spacial score (nSPS) is 21.6. The number of nitrogens with zero attached hydrogens (tertiary/aromatic N) is 1. The van der Waals surface area contributed by atoms with E-state index in [1.165, 1.54) is 12.1 Å². The van der Waals surface area contributed by atoms with Crippen molar-refractivity contribution in [2.45, 2.75) is 12.2 Å². The third-order valence-corrected chi connectivity index (χ3v) is 2.16. The van der Waals surface area contributed by atoms with E-state index in [9.17, 15) is 15.2 Å². The molecule has 5 heteroatoms. The zero-order valence-electron chi connectivity index (χ0n) is 7.29. The second-order valence-electron chi connectivity index (χ2n) is 3.17. The summed E-state index contributed by atoms with van der Waals surface area (Å²) in [5.41, 5.74) is 0.677. The lowest BCUT2D eigenvalue weighted by Crippen LogP contribution is -2.04. The molecule has 0 aliphatic carbocycles. The smallest absolute Gasteiger partial charge is 0.269 e. The SMILES string of the molecule is O=[N+]([O-])c1ccc(C(O)[C@@H]2CO2)cc1. The topological polar surface area (TPSA) is 75.9 Å². The van der Waals surface area contributed by atoms with E-state index in [0.29, 0.717) is 12.2 Å². The van der Waals surface area contributed by atoms with Crippen LogP contribution in [0, 0.1) is 10.1 Å². The highest BCUT2D eigenvalue weighted by atomic mass is 16.6. The van der Waals surface area contributed by atoms with Crippen LogP contribution in [0.4, 0.5) is 5.69 Å². The number of benzene rings is 1. The van der Waals surface area contributed by atoms with Gasteiger partial charge < -0.3 is 9.84 Å². The zero-order chi connectivity index (χ0) is 10.1. The van der Waals surface area contributed by atoms with Gasteiger partial charge in [0.25, 0.3) is 5.69 Å². The van der Waals surface area contributed by atoms with Crippen LogP contribution in [0.2, 0.25) is 0 Å². The molecule has 74 valence electrons. The van der Waals surface area contributed by atoms with Gasteiger partial charge in [0.15, 0.2) is 0 Å². The van der Waals surface area contributed by atoms with Crippen LogP contribution in [0.25, 0.3) is 0 Å². The molecule has 1 N–H and O–H groups in total. The summed E-state index contributed by atoms with van der Waals surface area (Å²) in [5.74, 6) is 0. The van der Waals surface area contributed by atoms with Crippen molar-refractivity contribution in [1.82, 2.24) is 0 Å². The van der Waals surface area contributed by atoms with Crippen LogP contribution in [-0.2, 0) is 4.74 Å². The summed E-state index contributed by atoms with van der Waals surface area (Å²) >= 11 is 0. The molecule has 1 fully saturated rings. The van der Waals surface area contributed by atoms with Crippen molar-refractivity contribution >= 4 is 5.69 Å². The summed E-state index contributed by atoms with van der Waals surface area (Å²) in [4.78, 5) is 9.88. The van der Waals surface area contributed by atoms with Gasteiger partial charge in [0.05, 0.1) is 11.5 Å². The minimum absolute atomic E-state index is 0.0256. The molecule has 0 amide bonds. The Morgan fingerprint density at radius 1 is 1.50 bits per heavy atom. The molecule has 1 aromatic carbocycles. The van der Waals surface area contributed by atoms with Crippen LogP contribution in [-0.4, -0.2) is 22.7 Å².